The molecule has 0 aromatic rings. The maximum absolute atomic E-state index is 10.3. The van der Waals surface area contributed by atoms with Gasteiger partial charge in [0, 0.05) is 13.1 Å². The van der Waals surface area contributed by atoms with E-state index in [1.807, 2.05) is 0 Å². The highest BCUT2D eigenvalue weighted by atomic mass is 16.2. The third-order valence-corrected chi connectivity index (χ3v) is 2.18. The van der Waals surface area contributed by atoms with E-state index < -0.39 is 0 Å². The standard InChI is InChI=1S/2C4H8N2O/c2*5-3-1-2-6-4(3)7/h2*3H,1-2,5H2,(H,6,7). The van der Waals surface area contributed by atoms with Gasteiger partial charge in [-0.2, -0.15) is 0 Å². The summed E-state index contributed by atoms with van der Waals surface area (Å²) < 4.78 is 0. The molecule has 2 fully saturated rings. The molecule has 0 bridgehead atoms. The maximum Gasteiger partial charge on any atom is 0.236 e. The quantitative estimate of drug-likeness (QED) is 0.351. The third kappa shape index (κ3) is 2.97. The Bertz CT molecular complexity index is 207. The predicted octanol–water partition coefficient (Wildman–Crippen LogP) is -2.33. The summed E-state index contributed by atoms with van der Waals surface area (Å²) >= 11 is 0. The molecular formula is C8H16N4O2. The average Bonchev–Trinajstić information content (AvgIpc) is 2.67. The van der Waals surface area contributed by atoms with Crippen LogP contribution in [0.3, 0.4) is 0 Å². The number of carbonyl (C=O) groups is 2. The fraction of sp³-hybridized carbons (Fsp3) is 0.750. The zero-order valence-corrected chi connectivity index (χ0v) is 7.95. The van der Waals surface area contributed by atoms with Gasteiger partial charge in [0.15, 0.2) is 0 Å². The molecule has 2 saturated heterocycles. The maximum atomic E-state index is 10.3. The largest absolute Gasteiger partial charge is 0.355 e. The number of hydrogen-bond acceptors (Lipinski definition) is 4. The normalized spacial score (nSPS) is 30.4. The van der Waals surface area contributed by atoms with Gasteiger partial charge < -0.3 is 22.1 Å². The summed E-state index contributed by atoms with van der Waals surface area (Å²) in [5, 5.41) is 5.21. The fourth-order valence-electron chi connectivity index (χ4n) is 1.23. The van der Waals surface area contributed by atoms with Crippen LogP contribution in [0.4, 0.5) is 0 Å². The lowest BCUT2D eigenvalue weighted by Crippen LogP contribution is -2.29. The highest BCUT2D eigenvalue weighted by Gasteiger charge is 2.18. The van der Waals surface area contributed by atoms with Crippen LogP contribution in [-0.4, -0.2) is 37.0 Å². The smallest absolute Gasteiger partial charge is 0.236 e. The predicted molar refractivity (Wildman–Crippen MR) is 51.2 cm³/mol. The van der Waals surface area contributed by atoms with Gasteiger partial charge in [0.25, 0.3) is 0 Å². The second-order valence-electron chi connectivity index (χ2n) is 3.37. The monoisotopic (exact) mass is 200 g/mol. The van der Waals surface area contributed by atoms with Crippen LogP contribution in [0.15, 0.2) is 0 Å². The highest BCUT2D eigenvalue weighted by molar-refractivity contribution is 5.83. The highest BCUT2D eigenvalue weighted by Crippen LogP contribution is 1.93. The third-order valence-electron chi connectivity index (χ3n) is 2.18. The first kappa shape index (κ1) is 10.9. The lowest BCUT2D eigenvalue weighted by molar-refractivity contribution is -0.120. The van der Waals surface area contributed by atoms with Gasteiger partial charge in [0.2, 0.25) is 11.8 Å². The van der Waals surface area contributed by atoms with Crippen LogP contribution < -0.4 is 22.1 Å². The molecule has 6 heteroatoms. The Morgan fingerprint density at radius 1 is 0.929 bits per heavy atom. The molecule has 0 spiro atoms. The van der Waals surface area contributed by atoms with E-state index in [0.29, 0.717) is 0 Å². The van der Waals surface area contributed by atoms with Crippen molar-refractivity contribution in [2.45, 2.75) is 24.9 Å². The molecule has 14 heavy (non-hydrogen) atoms. The minimum Gasteiger partial charge on any atom is -0.355 e. The van der Waals surface area contributed by atoms with Crippen molar-refractivity contribution in [3.05, 3.63) is 0 Å². The van der Waals surface area contributed by atoms with Crippen LogP contribution in [-0.2, 0) is 9.59 Å². The van der Waals surface area contributed by atoms with E-state index in [2.05, 4.69) is 10.6 Å². The van der Waals surface area contributed by atoms with Gasteiger partial charge in [-0.1, -0.05) is 0 Å². The van der Waals surface area contributed by atoms with E-state index in [1.54, 1.807) is 0 Å². The molecule has 0 aromatic heterocycles. The summed E-state index contributed by atoms with van der Waals surface area (Å²) in [7, 11) is 0. The first-order valence-corrected chi connectivity index (χ1v) is 4.68. The van der Waals surface area contributed by atoms with E-state index in [-0.39, 0.29) is 23.9 Å². The lowest BCUT2D eigenvalue weighted by atomic mass is 10.3. The number of rotatable bonds is 0. The lowest BCUT2D eigenvalue weighted by Gasteiger charge is -1.91. The SMILES string of the molecule is NC1CCNC1=O.NC1CCNC1=O. The molecule has 2 unspecified atom stereocenters. The fourth-order valence-corrected chi connectivity index (χ4v) is 1.23. The molecule has 2 amide bonds. The van der Waals surface area contributed by atoms with E-state index in [0.717, 1.165) is 25.9 Å². The van der Waals surface area contributed by atoms with Gasteiger partial charge in [-0.25, -0.2) is 0 Å². The molecule has 80 valence electrons. The summed E-state index contributed by atoms with van der Waals surface area (Å²) in [6.07, 6.45) is 1.58. The van der Waals surface area contributed by atoms with Crippen molar-refractivity contribution in [1.82, 2.24) is 10.6 Å². The summed E-state index contributed by atoms with van der Waals surface area (Å²) in [5.74, 6) is -0.0278. The first-order valence-electron chi connectivity index (χ1n) is 4.68. The second kappa shape index (κ2) is 4.92. The number of nitrogens with one attached hydrogen (secondary N) is 2. The Morgan fingerprint density at radius 2 is 1.29 bits per heavy atom. The minimum absolute atomic E-state index is 0.0139. The molecule has 2 aliphatic rings. The summed E-state index contributed by atoms with van der Waals surface area (Å²) in [6.45, 7) is 1.50. The van der Waals surface area contributed by atoms with E-state index in [9.17, 15) is 9.59 Å². The van der Waals surface area contributed by atoms with Crippen LogP contribution in [0.5, 0.6) is 0 Å². The van der Waals surface area contributed by atoms with Gasteiger partial charge >= 0.3 is 0 Å². The molecule has 2 atom stereocenters. The first-order chi connectivity index (χ1) is 6.61. The van der Waals surface area contributed by atoms with Crippen molar-refractivity contribution in [1.29, 1.82) is 0 Å². The minimum atomic E-state index is -0.236. The van der Waals surface area contributed by atoms with Crippen LogP contribution in [0, 0.1) is 0 Å². The summed E-state index contributed by atoms with van der Waals surface area (Å²) in [5.41, 5.74) is 10.5. The Balaban J connectivity index is 0.000000140. The number of nitrogens with two attached hydrogens (primary N) is 2. The molecule has 2 aliphatic heterocycles. The van der Waals surface area contributed by atoms with Crippen LogP contribution in [0.1, 0.15) is 12.8 Å². The van der Waals surface area contributed by atoms with Crippen LogP contribution in [0.25, 0.3) is 0 Å². The molecule has 0 aliphatic carbocycles. The topological polar surface area (TPSA) is 110 Å². The van der Waals surface area contributed by atoms with Crippen molar-refractivity contribution in [2.75, 3.05) is 13.1 Å². The molecule has 2 heterocycles. The van der Waals surface area contributed by atoms with Crippen molar-refractivity contribution >= 4 is 11.8 Å². The zero-order valence-electron chi connectivity index (χ0n) is 7.95. The molecule has 0 saturated carbocycles. The summed E-state index contributed by atoms with van der Waals surface area (Å²) in [4.78, 5) is 20.7. The van der Waals surface area contributed by atoms with E-state index >= 15 is 0 Å². The van der Waals surface area contributed by atoms with Gasteiger partial charge in [-0.3, -0.25) is 9.59 Å². The number of carbonyl (C=O) groups excluding carboxylic acids is 2. The molecule has 2 rings (SSSR count). The van der Waals surface area contributed by atoms with E-state index in [4.69, 9.17) is 11.5 Å². The molecule has 0 radical (unpaired) electrons. The van der Waals surface area contributed by atoms with Gasteiger partial charge in [0.05, 0.1) is 12.1 Å². The Hall–Kier alpha value is -1.14. The molecular weight excluding hydrogens is 184 g/mol. The molecule has 0 aromatic carbocycles. The Morgan fingerprint density at radius 3 is 1.36 bits per heavy atom. The average molecular weight is 200 g/mol. The van der Waals surface area contributed by atoms with E-state index in [1.165, 1.54) is 0 Å². The van der Waals surface area contributed by atoms with Gasteiger partial charge in [0.1, 0.15) is 0 Å². The summed E-state index contributed by atoms with van der Waals surface area (Å²) in [6, 6.07) is -0.472. The number of hydrogen-bond donors (Lipinski definition) is 4. The van der Waals surface area contributed by atoms with Crippen molar-refractivity contribution < 1.29 is 9.59 Å². The van der Waals surface area contributed by atoms with Crippen LogP contribution in [0.2, 0.25) is 0 Å². The zero-order chi connectivity index (χ0) is 10.6. The Kier molecular flexibility index (Phi) is 3.84. The molecule has 6 N–H and O–H groups in total. The molecule has 6 nitrogen and oxygen atoms in total. The van der Waals surface area contributed by atoms with Gasteiger partial charge in [-0.15, -0.1) is 0 Å². The van der Waals surface area contributed by atoms with Crippen molar-refractivity contribution in [2.24, 2.45) is 11.5 Å². The van der Waals surface area contributed by atoms with Crippen molar-refractivity contribution in [3.8, 4) is 0 Å². The second-order valence-corrected chi connectivity index (χ2v) is 3.37. The van der Waals surface area contributed by atoms with Gasteiger partial charge in [-0.05, 0) is 12.8 Å². The number of amides is 2. The van der Waals surface area contributed by atoms with Crippen molar-refractivity contribution in [3.63, 3.8) is 0 Å². The van der Waals surface area contributed by atoms with Crippen LogP contribution >= 0.6 is 0 Å². The Labute approximate surface area is 82.4 Å².